The molecule has 0 aliphatic carbocycles. The molecular weight excluding hydrogens is 294 g/mol. The summed E-state index contributed by atoms with van der Waals surface area (Å²) in [4.78, 5) is 17.9. The van der Waals surface area contributed by atoms with Crippen molar-refractivity contribution < 1.29 is 14.3 Å². The molecule has 2 N–H and O–H groups in total. The van der Waals surface area contributed by atoms with Crippen LogP contribution in [0.15, 0.2) is 36.4 Å². The number of hydrogen-bond donors (Lipinski definition) is 1. The SMILES string of the molecule is Cc1cccc(OCCCN2C(=O)COc3ccc(N)nc32)c1. The van der Waals surface area contributed by atoms with Gasteiger partial charge in [0.05, 0.1) is 6.61 Å². The molecule has 1 aromatic carbocycles. The van der Waals surface area contributed by atoms with Crippen LogP contribution in [0.4, 0.5) is 11.6 Å². The lowest BCUT2D eigenvalue weighted by molar-refractivity contribution is -0.121. The molecule has 0 saturated carbocycles. The Hall–Kier alpha value is -2.76. The lowest BCUT2D eigenvalue weighted by Crippen LogP contribution is -2.40. The van der Waals surface area contributed by atoms with Crippen LogP contribution < -0.4 is 20.1 Å². The molecule has 120 valence electrons. The maximum Gasteiger partial charge on any atom is 0.266 e. The first-order chi connectivity index (χ1) is 11.1. The summed E-state index contributed by atoms with van der Waals surface area (Å²) in [5, 5.41) is 0. The van der Waals surface area contributed by atoms with Crippen molar-refractivity contribution in [3.8, 4) is 11.5 Å². The molecule has 23 heavy (non-hydrogen) atoms. The van der Waals surface area contributed by atoms with Gasteiger partial charge in [-0.25, -0.2) is 4.98 Å². The van der Waals surface area contributed by atoms with Crippen LogP contribution in [0.2, 0.25) is 0 Å². The van der Waals surface area contributed by atoms with Gasteiger partial charge in [0.25, 0.3) is 5.91 Å². The number of nitrogens with zero attached hydrogens (tertiary/aromatic N) is 2. The van der Waals surface area contributed by atoms with E-state index in [4.69, 9.17) is 15.2 Å². The maximum absolute atomic E-state index is 12.1. The number of carbonyl (C=O) groups is 1. The molecule has 3 rings (SSSR count). The van der Waals surface area contributed by atoms with E-state index in [0.717, 1.165) is 11.3 Å². The lowest BCUT2D eigenvalue weighted by atomic mass is 10.2. The summed E-state index contributed by atoms with van der Waals surface area (Å²) in [6.45, 7) is 3.08. The second-order valence-corrected chi connectivity index (χ2v) is 5.41. The Morgan fingerprint density at radius 3 is 3.04 bits per heavy atom. The molecule has 6 heteroatoms. The van der Waals surface area contributed by atoms with Crippen LogP contribution in [-0.2, 0) is 4.79 Å². The fourth-order valence-corrected chi connectivity index (χ4v) is 2.44. The van der Waals surface area contributed by atoms with Crippen molar-refractivity contribution in [1.29, 1.82) is 0 Å². The topological polar surface area (TPSA) is 77.7 Å². The number of rotatable bonds is 5. The molecule has 0 radical (unpaired) electrons. The van der Waals surface area contributed by atoms with Gasteiger partial charge in [-0.1, -0.05) is 12.1 Å². The molecule has 6 nitrogen and oxygen atoms in total. The second-order valence-electron chi connectivity index (χ2n) is 5.41. The second kappa shape index (κ2) is 6.56. The molecule has 2 aromatic rings. The van der Waals surface area contributed by atoms with Crippen molar-refractivity contribution in [1.82, 2.24) is 4.98 Å². The number of anilines is 2. The van der Waals surface area contributed by atoms with Crippen LogP contribution in [0.25, 0.3) is 0 Å². The van der Waals surface area contributed by atoms with Gasteiger partial charge in [0.1, 0.15) is 11.6 Å². The minimum absolute atomic E-state index is 0.0251. The standard InChI is InChI=1S/C17H19N3O3/c1-12-4-2-5-13(10-12)22-9-3-8-20-16(21)11-23-14-6-7-15(18)19-17(14)20/h2,4-7,10H,3,8-9,11H2,1H3,(H2,18,19). The van der Waals surface area contributed by atoms with Crippen LogP contribution in [0.3, 0.4) is 0 Å². The first-order valence-electron chi connectivity index (χ1n) is 7.52. The highest BCUT2D eigenvalue weighted by molar-refractivity contribution is 5.96. The van der Waals surface area contributed by atoms with E-state index < -0.39 is 0 Å². The van der Waals surface area contributed by atoms with E-state index in [1.807, 2.05) is 31.2 Å². The van der Waals surface area contributed by atoms with Crippen molar-refractivity contribution in [3.63, 3.8) is 0 Å². The number of pyridine rings is 1. The third kappa shape index (κ3) is 3.53. The zero-order chi connectivity index (χ0) is 16.2. The fraction of sp³-hybridized carbons (Fsp3) is 0.294. The largest absolute Gasteiger partial charge is 0.494 e. The number of nitrogens with two attached hydrogens (primary N) is 1. The average molecular weight is 313 g/mol. The summed E-state index contributed by atoms with van der Waals surface area (Å²) >= 11 is 0. The zero-order valence-electron chi connectivity index (χ0n) is 13.0. The van der Waals surface area contributed by atoms with Gasteiger partial charge in [0.2, 0.25) is 0 Å². The number of fused-ring (bicyclic) bond motifs is 1. The van der Waals surface area contributed by atoms with Crippen molar-refractivity contribution in [2.24, 2.45) is 0 Å². The van der Waals surface area contributed by atoms with Gasteiger partial charge in [-0.15, -0.1) is 0 Å². The van der Waals surface area contributed by atoms with Gasteiger partial charge in [-0.05, 0) is 43.2 Å². The van der Waals surface area contributed by atoms with Crippen LogP contribution in [-0.4, -0.2) is 30.6 Å². The zero-order valence-corrected chi connectivity index (χ0v) is 13.0. The molecule has 1 aromatic heterocycles. The predicted molar refractivity (Wildman–Crippen MR) is 87.8 cm³/mol. The lowest BCUT2D eigenvalue weighted by Gasteiger charge is -2.28. The van der Waals surface area contributed by atoms with Crippen molar-refractivity contribution in [3.05, 3.63) is 42.0 Å². The minimum atomic E-state index is -0.119. The summed E-state index contributed by atoms with van der Waals surface area (Å²) in [5.41, 5.74) is 6.86. The number of carbonyl (C=O) groups excluding carboxylic acids is 1. The molecule has 1 aliphatic rings. The summed E-state index contributed by atoms with van der Waals surface area (Å²) in [6.07, 6.45) is 0.690. The van der Waals surface area contributed by atoms with Crippen molar-refractivity contribution in [2.45, 2.75) is 13.3 Å². The smallest absolute Gasteiger partial charge is 0.266 e. The molecule has 2 heterocycles. The van der Waals surface area contributed by atoms with E-state index in [-0.39, 0.29) is 12.5 Å². The van der Waals surface area contributed by atoms with Crippen LogP contribution >= 0.6 is 0 Å². The van der Waals surface area contributed by atoms with E-state index in [1.54, 1.807) is 17.0 Å². The Kier molecular flexibility index (Phi) is 4.32. The number of aryl methyl sites for hydroxylation is 1. The molecular formula is C17H19N3O3. The highest BCUT2D eigenvalue weighted by Crippen LogP contribution is 2.30. The molecule has 0 saturated heterocycles. The molecule has 0 spiro atoms. The highest BCUT2D eigenvalue weighted by atomic mass is 16.5. The Bertz CT molecular complexity index is 718. The highest BCUT2D eigenvalue weighted by Gasteiger charge is 2.26. The third-order valence-electron chi connectivity index (χ3n) is 3.55. The molecule has 1 amide bonds. The van der Waals surface area contributed by atoms with E-state index in [2.05, 4.69) is 4.98 Å². The van der Waals surface area contributed by atoms with Gasteiger partial charge in [0.15, 0.2) is 18.2 Å². The summed E-state index contributed by atoms with van der Waals surface area (Å²) in [6, 6.07) is 11.3. The first-order valence-corrected chi connectivity index (χ1v) is 7.52. The summed E-state index contributed by atoms with van der Waals surface area (Å²) < 4.78 is 11.1. The van der Waals surface area contributed by atoms with Gasteiger partial charge < -0.3 is 15.2 Å². The van der Waals surface area contributed by atoms with Crippen molar-refractivity contribution >= 4 is 17.5 Å². The molecule has 0 fully saturated rings. The van der Waals surface area contributed by atoms with Gasteiger partial charge in [-0.2, -0.15) is 0 Å². The number of nitrogen functional groups attached to an aromatic ring is 1. The Balaban J connectivity index is 1.60. The molecule has 1 aliphatic heterocycles. The van der Waals surface area contributed by atoms with Crippen molar-refractivity contribution in [2.75, 3.05) is 30.4 Å². The number of hydrogen-bond acceptors (Lipinski definition) is 5. The van der Waals surface area contributed by atoms with Gasteiger partial charge in [0, 0.05) is 6.54 Å². The number of ether oxygens (including phenoxy) is 2. The summed E-state index contributed by atoms with van der Waals surface area (Å²) in [5.74, 6) is 2.14. The van der Waals surface area contributed by atoms with E-state index in [1.165, 1.54) is 0 Å². The van der Waals surface area contributed by atoms with Gasteiger partial charge >= 0.3 is 0 Å². The number of aromatic nitrogens is 1. The van der Waals surface area contributed by atoms with E-state index >= 15 is 0 Å². The number of benzene rings is 1. The normalized spacial score (nSPS) is 13.4. The minimum Gasteiger partial charge on any atom is -0.494 e. The monoisotopic (exact) mass is 313 g/mol. The maximum atomic E-state index is 12.1. The molecule has 0 bridgehead atoms. The Morgan fingerprint density at radius 2 is 2.22 bits per heavy atom. The molecule has 0 unspecified atom stereocenters. The van der Waals surface area contributed by atoms with E-state index in [9.17, 15) is 4.79 Å². The first kappa shape index (κ1) is 15.1. The Morgan fingerprint density at radius 1 is 1.35 bits per heavy atom. The molecule has 0 atom stereocenters. The van der Waals surface area contributed by atoms with Crippen LogP contribution in [0.1, 0.15) is 12.0 Å². The summed E-state index contributed by atoms with van der Waals surface area (Å²) in [7, 11) is 0. The van der Waals surface area contributed by atoms with Gasteiger partial charge in [-0.3, -0.25) is 9.69 Å². The predicted octanol–water partition coefficient (Wildman–Crippen LogP) is 2.17. The van der Waals surface area contributed by atoms with E-state index in [0.29, 0.717) is 37.0 Å². The fourth-order valence-electron chi connectivity index (χ4n) is 2.44. The van der Waals surface area contributed by atoms with Crippen LogP contribution in [0, 0.1) is 6.92 Å². The number of amides is 1. The third-order valence-corrected chi connectivity index (χ3v) is 3.55. The quantitative estimate of drug-likeness (QED) is 0.856. The van der Waals surface area contributed by atoms with Crippen LogP contribution in [0.5, 0.6) is 11.5 Å². The Labute approximate surface area is 134 Å². The average Bonchev–Trinajstić information content (AvgIpc) is 2.53.